The Morgan fingerprint density at radius 3 is 2.39 bits per heavy atom. The molecule has 0 amide bonds. The zero-order valence-corrected chi connectivity index (χ0v) is 22.4. The van der Waals surface area contributed by atoms with E-state index < -0.39 is 11.9 Å². The third-order valence-corrected chi connectivity index (χ3v) is 6.31. The van der Waals surface area contributed by atoms with Gasteiger partial charge in [-0.1, -0.05) is 55.2 Å². The van der Waals surface area contributed by atoms with Crippen molar-refractivity contribution in [3.63, 3.8) is 0 Å². The monoisotopic (exact) mass is 552 g/mol. The summed E-state index contributed by atoms with van der Waals surface area (Å²) >= 11 is 12.6. The number of allylic oxidation sites excluding steroid dienone is 1. The smallest absolute Gasteiger partial charge is 0.343 e. The zero-order chi connectivity index (χ0) is 27.2. The van der Waals surface area contributed by atoms with Gasteiger partial charge in [-0.2, -0.15) is 5.26 Å². The fourth-order valence-corrected chi connectivity index (χ4v) is 4.63. The summed E-state index contributed by atoms with van der Waals surface area (Å²) in [6.07, 6.45) is 1.66. The van der Waals surface area contributed by atoms with Crippen LogP contribution in [0.1, 0.15) is 54.1 Å². The van der Waals surface area contributed by atoms with E-state index in [1.54, 1.807) is 18.2 Å². The summed E-state index contributed by atoms with van der Waals surface area (Å²) in [5, 5.41) is 10.3. The Bertz CT molecular complexity index is 1410. The lowest BCUT2D eigenvalue weighted by Gasteiger charge is -2.27. The molecule has 196 valence electrons. The zero-order valence-electron chi connectivity index (χ0n) is 20.9. The van der Waals surface area contributed by atoms with Crippen LogP contribution in [0.3, 0.4) is 0 Å². The number of carbonyl (C=O) groups excluding carboxylic acids is 1. The second-order valence-corrected chi connectivity index (χ2v) is 9.37. The van der Waals surface area contributed by atoms with Gasteiger partial charge in [0.05, 0.1) is 34.7 Å². The van der Waals surface area contributed by atoms with Crippen LogP contribution in [0.15, 0.2) is 66.1 Å². The second kappa shape index (κ2) is 12.1. The molecule has 9 heteroatoms. The van der Waals surface area contributed by atoms with Gasteiger partial charge in [-0.3, -0.25) is 0 Å². The topological polar surface area (TPSA) is 104 Å². The summed E-state index contributed by atoms with van der Waals surface area (Å²) in [6, 6.07) is 17.5. The van der Waals surface area contributed by atoms with Crippen molar-refractivity contribution in [3.8, 4) is 29.1 Å². The lowest BCUT2D eigenvalue weighted by atomic mass is 9.83. The minimum absolute atomic E-state index is 0.0189. The van der Waals surface area contributed by atoms with Crippen LogP contribution in [0.5, 0.6) is 23.0 Å². The van der Waals surface area contributed by atoms with Crippen molar-refractivity contribution in [3.05, 3.63) is 92.8 Å². The number of nitrogens with zero attached hydrogens (tertiary/aromatic N) is 1. The first kappa shape index (κ1) is 27.2. The van der Waals surface area contributed by atoms with E-state index in [1.165, 1.54) is 12.1 Å². The van der Waals surface area contributed by atoms with Crippen molar-refractivity contribution >= 4 is 29.2 Å². The quantitative estimate of drug-likeness (QED) is 0.225. The highest BCUT2D eigenvalue weighted by Gasteiger charge is 2.31. The van der Waals surface area contributed by atoms with E-state index in [-0.39, 0.29) is 32.8 Å². The molecule has 3 aromatic rings. The van der Waals surface area contributed by atoms with Gasteiger partial charge in [0.1, 0.15) is 28.9 Å². The van der Waals surface area contributed by atoms with E-state index in [0.29, 0.717) is 36.0 Å². The van der Waals surface area contributed by atoms with Gasteiger partial charge < -0.3 is 24.7 Å². The van der Waals surface area contributed by atoms with Crippen LogP contribution < -0.4 is 24.7 Å². The molecule has 0 aliphatic carbocycles. The number of halogens is 2. The second-order valence-electron chi connectivity index (χ2n) is 8.55. The first-order valence-electron chi connectivity index (χ1n) is 12.1. The predicted molar refractivity (Wildman–Crippen MR) is 145 cm³/mol. The first-order valence-corrected chi connectivity index (χ1v) is 12.9. The van der Waals surface area contributed by atoms with Gasteiger partial charge in [0.25, 0.3) is 0 Å². The van der Waals surface area contributed by atoms with Crippen molar-refractivity contribution in [1.29, 1.82) is 5.26 Å². The van der Waals surface area contributed by atoms with Crippen molar-refractivity contribution < 1.29 is 23.7 Å². The van der Waals surface area contributed by atoms with Gasteiger partial charge in [0, 0.05) is 11.6 Å². The van der Waals surface area contributed by atoms with Crippen molar-refractivity contribution in [2.24, 2.45) is 5.73 Å². The van der Waals surface area contributed by atoms with Gasteiger partial charge in [-0.25, -0.2) is 4.79 Å². The average molecular weight is 553 g/mol. The Hall–Kier alpha value is -3.86. The third-order valence-electron chi connectivity index (χ3n) is 5.75. The van der Waals surface area contributed by atoms with Crippen LogP contribution in [0, 0.1) is 11.3 Å². The molecule has 0 saturated carbocycles. The van der Waals surface area contributed by atoms with Crippen molar-refractivity contribution in [2.75, 3.05) is 13.2 Å². The Kier molecular flexibility index (Phi) is 8.67. The summed E-state index contributed by atoms with van der Waals surface area (Å²) < 4.78 is 22.7. The van der Waals surface area contributed by atoms with Crippen LogP contribution in [0.2, 0.25) is 10.0 Å². The SMILES string of the molecule is CCCOc1cccc(C2C(C#N)=C(N)Oc3cc(OC(=O)c4cc(Cl)c(OCCC)c(Cl)c4)ccc32)c1. The third kappa shape index (κ3) is 5.83. The number of nitrogens with two attached hydrogens (primary N) is 1. The minimum Gasteiger partial charge on any atom is -0.494 e. The normalized spacial score (nSPS) is 14.2. The lowest BCUT2D eigenvalue weighted by molar-refractivity contribution is 0.0734. The number of carbonyl (C=O) groups is 1. The molecule has 2 N–H and O–H groups in total. The molecule has 7 nitrogen and oxygen atoms in total. The molecular formula is C29H26Cl2N2O5. The van der Waals surface area contributed by atoms with E-state index >= 15 is 0 Å². The van der Waals surface area contributed by atoms with Crippen molar-refractivity contribution in [1.82, 2.24) is 0 Å². The van der Waals surface area contributed by atoms with Crippen LogP contribution in [0.25, 0.3) is 0 Å². The highest BCUT2D eigenvalue weighted by atomic mass is 35.5. The summed E-state index contributed by atoms with van der Waals surface area (Å²) in [5.74, 6) is 0.448. The van der Waals surface area contributed by atoms with Gasteiger partial charge in [-0.05, 0) is 48.7 Å². The molecule has 3 aromatic carbocycles. The molecule has 0 fully saturated rings. The van der Waals surface area contributed by atoms with E-state index in [2.05, 4.69) is 6.07 Å². The lowest BCUT2D eigenvalue weighted by Crippen LogP contribution is -2.21. The predicted octanol–water partition coefficient (Wildman–Crippen LogP) is 7.01. The average Bonchev–Trinajstić information content (AvgIpc) is 2.90. The number of benzene rings is 3. The van der Waals surface area contributed by atoms with E-state index in [0.717, 1.165) is 18.4 Å². The van der Waals surface area contributed by atoms with Crippen LogP contribution >= 0.6 is 23.2 Å². The number of fused-ring (bicyclic) bond motifs is 1. The Morgan fingerprint density at radius 1 is 1.00 bits per heavy atom. The molecule has 0 spiro atoms. The van der Waals surface area contributed by atoms with Gasteiger partial charge in [0.2, 0.25) is 5.88 Å². The Balaban J connectivity index is 1.62. The summed E-state index contributed by atoms with van der Waals surface area (Å²) in [7, 11) is 0. The summed E-state index contributed by atoms with van der Waals surface area (Å²) in [6.45, 7) is 5.01. The molecule has 38 heavy (non-hydrogen) atoms. The van der Waals surface area contributed by atoms with E-state index in [9.17, 15) is 10.1 Å². The number of rotatable bonds is 9. The van der Waals surface area contributed by atoms with Gasteiger partial charge in [-0.15, -0.1) is 0 Å². The molecule has 0 radical (unpaired) electrons. The molecule has 1 heterocycles. The molecule has 1 aliphatic rings. The number of hydrogen-bond donors (Lipinski definition) is 1. The molecule has 1 unspecified atom stereocenters. The molecule has 4 rings (SSSR count). The molecular weight excluding hydrogens is 527 g/mol. The Morgan fingerprint density at radius 2 is 1.71 bits per heavy atom. The maximum Gasteiger partial charge on any atom is 0.343 e. The molecule has 0 bridgehead atoms. The summed E-state index contributed by atoms with van der Waals surface area (Å²) in [5.41, 5.74) is 8.10. The van der Waals surface area contributed by atoms with Crippen LogP contribution in [-0.2, 0) is 0 Å². The van der Waals surface area contributed by atoms with Gasteiger partial charge in [0.15, 0.2) is 5.75 Å². The number of ether oxygens (including phenoxy) is 4. The van der Waals surface area contributed by atoms with Crippen molar-refractivity contribution in [2.45, 2.75) is 32.6 Å². The maximum atomic E-state index is 12.9. The standard InChI is InChI=1S/C29H26Cl2N2O5/c1-3-10-35-19-7-5-6-17(12-19)26-21-9-8-20(15-25(21)38-28(33)22(26)16-32)37-29(34)18-13-23(30)27(24(31)14-18)36-11-4-2/h5-9,12-15,26H,3-4,10-11,33H2,1-2H3. The largest absolute Gasteiger partial charge is 0.494 e. The van der Waals surface area contributed by atoms with Gasteiger partial charge >= 0.3 is 5.97 Å². The van der Waals surface area contributed by atoms with E-state index in [1.807, 2.05) is 38.1 Å². The number of esters is 1. The summed E-state index contributed by atoms with van der Waals surface area (Å²) in [4.78, 5) is 12.9. The maximum absolute atomic E-state index is 12.9. The Labute approximate surface area is 231 Å². The van der Waals surface area contributed by atoms with E-state index in [4.69, 9.17) is 47.9 Å². The fraction of sp³-hybridized carbons (Fsp3) is 0.241. The van der Waals surface area contributed by atoms with Crippen LogP contribution in [0.4, 0.5) is 0 Å². The number of hydrogen-bond acceptors (Lipinski definition) is 7. The highest BCUT2D eigenvalue weighted by Crippen LogP contribution is 2.44. The fourth-order valence-electron chi connectivity index (χ4n) is 4.03. The minimum atomic E-state index is -0.662. The highest BCUT2D eigenvalue weighted by molar-refractivity contribution is 6.37. The van der Waals surface area contributed by atoms with Crippen LogP contribution in [-0.4, -0.2) is 19.2 Å². The molecule has 0 aromatic heterocycles. The first-order chi connectivity index (χ1) is 18.4. The molecule has 0 saturated heterocycles. The molecule has 1 aliphatic heterocycles. The molecule has 1 atom stereocenters. The number of nitriles is 1.